The highest BCUT2D eigenvalue weighted by atomic mass is 16.6. The van der Waals surface area contributed by atoms with Crippen molar-refractivity contribution in [1.29, 1.82) is 0 Å². The van der Waals surface area contributed by atoms with Crippen LogP contribution in [0.4, 0.5) is 0 Å². The molecular formula is C19H24O3. The zero-order valence-electron chi connectivity index (χ0n) is 13.3. The lowest BCUT2D eigenvalue weighted by molar-refractivity contribution is -0.184. The molecule has 2 rings (SSSR count). The standard InChI is InChI=1S/C19H24O3/c1-4-18(2,3)22-17(20)19(21,15-11-7-5-8-12-15)16-13-9-6-10-14-16/h1,5,7-8,11-12,16,21H,6,9-10,13-14H2,2-3H3. The van der Waals surface area contributed by atoms with Crippen molar-refractivity contribution in [3.8, 4) is 12.3 Å². The highest BCUT2D eigenvalue weighted by molar-refractivity contribution is 5.82. The fourth-order valence-corrected chi connectivity index (χ4v) is 3.07. The number of terminal acetylenes is 1. The van der Waals surface area contributed by atoms with Gasteiger partial charge in [-0.05, 0) is 32.3 Å². The molecule has 1 aliphatic rings. The van der Waals surface area contributed by atoms with Crippen LogP contribution in [-0.4, -0.2) is 16.7 Å². The second-order valence-electron chi connectivity index (χ2n) is 6.51. The molecule has 0 spiro atoms. The number of hydrogen-bond donors (Lipinski definition) is 1. The van der Waals surface area contributed by atoms with Crippen LogP contribution in [0.25, 0.3) is 0 Å². The largest absolute Gasteiger partial charge is 0.444 e. The van der Waals surface area contributed by atoms with Crippen molar-refractivity contribution >= 4 is 5.97 Å². The second kappa shape index (κ2) is 6.54. The van der Waals surface area contributed by atoms with Crippen molar-refractivity contribution in [2.24, 2.45) is 5.92 Å². The third-order valence-corrected chi connectivity index (χ3v) is 4.42. The van der Waals surface area contributed by atoms with Gasteiger partial charge < -0.3 is 9.84 Å². The summed E-state index contributed by atoms with van der Waals surface area (Å²) in [5.74, 6) is 1.67. The molecule has 3 heteroatoms. The highest BCUT2D eigenvalue weighted by Gasteiger charge is 2.48. The van der Waals surface area contributed by atoms with E-state index in [2.05, 4.69) is 5.92 Å². The number of hydrogen-bond acceptors (Lipinski definition) is 3. The van der Waals surface area contributed by atoms with Gasteiger partial charge in [0.1, 0.15) is 0 Å². The van der Waals surface area contributed by atoms with Crippen LogP contribution < -0.4 is 0 Å². The second-order valence-corrected chi connectivity index (χ2v) is 6.51. The third-order valence-electron chi connectivity index (χ3n) is 4.42. The molecule has 1 aromatic rings. The summed E-state index contributed by atoms with van der Waals surface area (Å²) in [5, 5.41) is 11.3. The average Bonchev–Trinajstić information content (AvgIpc) is 2.55. The molecule has 0 bridgehead atoms. The predicted molar refractivity (Wildman–Crippen MR) is 85.9 cm³/mol. The Kier molecular flexibility index (Phi) is 4.93. The predicted octanol–water partition coefficient (Wildman–Crippen LogP) is 3.41. The Morgan fingerprint density at radius 2 is 1.82 bits per heavy atom. The number of carbonyl (C=O) groups excluding carboxylic acids is 1. The minimum absolute atomic E-state index is 0.135. The average molecular weight is 300 g/mol. The summed E-state index contributed by atoms with van der Waals surface area (Å²) in [5.41, 5.74) is -2.08. The van der Waals surface area contributed by atoms with Gasteiger partial charge in [0.05, 0.1) is 0 Å². The molecule has 1 aliphatic carbocycles. The van der Waals surface area contributed by atoms with E-state index in [9.17, 15) is 9.90 Å². The van der Waals surface area contributed by atoms with Gasteiger partial charge >= 0.3 is 5.97 Å². The maximum atomic E-state index is 12.8. The molecule has 1 atom stereocenters. The van der Waals surface area contributed by atoms with Gasteiger partial charge in [-0.1, -0.05) is 55.5 Å². The van der Waals surface area contributed by atoms with Crippen molar-refractivity contribution in [3.63, 3.8) is 0 Å². The molecule has 0 heterocycles. The minimum atomic E-state index is -1.63. The lowest BCUT2D eigenvalue weighted by atomic mass is 9.73. The van der Waals surface area contributed by atoms with Crippen molar-refractivity contribution < 1.29 is 14.6 Å². The topological polar surface area (TPSA) is 46.5 Å². The Bertz CT molecular complexity index is 550. The van der Waals surface area contributed by atoms with Crippen LogP contribution in [0, 0.1) is 18.3 Å². The van der Waals surface area contributed by atoms with Gasteiger partial charge in [-0.15, -0.1) is 6.42 Å². The van der Waals surface area contributed by atoms with Gasteiger partial charge in [0.25, 0.3) is 0 Å². The van der Waals surface area contributed by atoms with E-state index < -0.39 is 17.2 Å². The molecule has 0 aromatic heterocycles. The third kappa shape index (κ3) is 3.34. The Morgan fingerprint density at radius 3 is 2.36 bits per heavy atom. The number of esters is 1. The van der Waals surface area contributed by atoms with Gasteiger partial charge in [0, 0.05) is 5.92 Å². The number of aliphatic hydroxyl groups is 1. The molecule has 0 radical (unpaired) electrons. The van der Waals surface area contributed by atoms with Crippen LogP contribution >= 0.6 is 0 Å². The van der Waals surface area contributed by atoms with Gasteiger partial charge in [0.15, 0.2) is 11.2 Å². The van der Waals surface area contributed by atoms with Crippen molar-refractivity contribution in [2.75, 3.05) is 0 Å². The molecule has 0 amide bonds. The van der Waals surface area contributed by atoms with Crippen LogP contribution in [0.3, 0.4) is 0 Å². The first-order chi connectivity index (χ1) is 10.4. The zero-order valence-corrected chi connectivity index (χ0v) is 13.3. The monoisotopic (exact) mass is 300 g/mol. The Morgan fingerprint density at radius 1 is 1.23 bits per heavy atom. The van der Waals surface area contributed by atoms with Gasteiger partial charge in [0.2, 0.25) is 0 Å². The van der Waals surface area contributed by atoms with E-state index in [1.165, 1.54) is 0 Å². The van der Waals surface area contributed by atoms with Crippen LogP contribution in [0.5, 0.6) is 0 Å². The zero-order chi connectivity index (χ0) is 16.2. The van der Waals surface area contributed by atoms with Crippen LogP contribution in [0.2, 0.25) is 0 Å². The summed E-state index contributed by atoms with van der Waals surface area (Å²) in [6, 6.07) is 9.06. The molecule has 3 nitrogen and oxygen atoms in total. The van der Waals surface area contributed by atoms with E-state index in [0.717, 1.165) is 32.1 Å². The van der Waals surface area contributed by atoms with E-state index in [-0.39, 0.29) is 5.92 Å². The van der Waals surface area contributed by atoms with Crippen LogP contribution in [-0.2, 0) is 15.1 Å². The van der Waals surface area contributed by atoms with Crippen LogP contribution in [0.1, 0.15) is 51.5 Å². The molecule has 1 saturated carbocycles. The lowest BCUT2D eigenvalue weighted by Crippen LogP contribution is -2.47. The molecule has 0 aliphatic heterocycles. The Labute approximate surface area is 132 Å². The van der Waals surface area contributed by atoms with Crippen molar-refractivity contribution in [3.05, 3.63) is 35.9 Å². The summed E-state index contributed by atoms with van der Waals surface area (Å²) in [6.07, 6.45) is 10.2. The maximum absolute atomic E-state index is 12.8. The quantitative estimate of drug-likeness (QED) is 0.684. The molecular weight excluding hydrogens is 276 g/mol. The smallest absolute Gasteiger partial charge is 0.344 e. The number of carbonyl (C=O) groups is 1. The van der Waals surface area contributed by atoms with E-state index >= 15 is 0 Å². The number of rotatable bonds is 4. The Hall–Kier alpha value is -1.79. The fraction of sp³-hybridized carbons (Fsp3) is 0.526. The van der Waals surface area contributed by atoms with E-state index in [1.807, 2.05) is 18.2 Å². The van der Waals surface area contributed by atoms with E-state index in [1.54, 1.807) is 26.0 Å². The molecule has 1 N–H and O–H groups in total. The molecule has 1 unspecified atom stereocenters. The van der Waals surface area contributed by atoms with Crippen molar-refractivity contribution in [1.82, 2.24) is 0 Å². The van der Waals surface area contributed by atoms with Gasteiger partial charge in [-0.3, -0.25) is 0 Å². The van der Waals surface area contributed by atoms with Crippen molar-refractivity contribution in [2.45, 2.75) is 57.2 Å². The highest BCUT2D eigenvalue weighted by Crippen LogP contribution is 2.41. The van der Waals surface area contributed by atoms with Crippen LogP contribution in [0.15, 0.2) is 30.3 Å². The first kappa shape index (κ1) is 16.6. The summed E-state index contributed by atoms with van der Waals surface area (Å²) < 4.78 is 5.43. The first-order valence-electron chi connectivity index (χ1n) is 7.89. The normalized spacial score (nSPS) is 19.0. The number of ether oxygens (including phenoxy) is 1. The Balaban J connectivity index is 2.37. The fourth-order valence-electron chi connectivity index (χ4n) is 3.07. The minimum Gasteiger partial charge on any atom is -0.444 e. The SMILES string of the molecule is C#CC(C)(C)OC(=O)C(O)(c1ccccc1)C1CCCCC1. The van der Waals surface area contributed by atoms with E-state index in [4.69, 9.17) is 11.2 Å². The number of benzene rings is 1. The van der Waals surface area contributed by atoms with E-state index in [0.29, 0.717) is 5.56 Å². The molecule has 1 fully saturated rings. The summed E-state index contributed by atoms with van der Waals surface area (Å²) in [4.78, 5) is 12.8. The molecule has 118 valence electrons. The van der Waals surface area contributed by atoms with Gasteiger partial charge in [-0.2, -0.15) is 0 Å². The molecule has 0 saturated heterocycles. The summed E-state index contributed by atoms with van der Waals surface area (Å²) in [7, 11) is 0. The first-order valence-corrected chi connectivity index (χ1v) is 7.89. The maximum Gasteiger partial charge on any atom is 0.344 e. The summed E-state index contributed by atoms with van der Waals surface area (Å²) in [6.45, 7) is 3.30. The molecule has 1 aromatic carbocycles. The molecule has 22 heavy (non-hydrogen) atoms. The summed E-state index contributed by atoms with van der Waals surface area (Å²) >= 11 is 0. The lowest BCUT2D eigenvalue weighted by Gasteiger charge is -2.38. The van der Waals surface area contributed by atoms with Gasteiger partial charge in [-0.25, -0.2) is 4.79 Å².